The molecule has 2 N–H and O–H groups in total. The predicted molar refractivity (Wildman–Crippen MR) is 78.7 cm³/mol. The van der Waals surface area contributed by atoms with E-state index in [1.165, 1.54) is 6.07 Å². The van der Waals surface area contributed by atoms with Crippen LogP contribution < -0.4 is 5.32 Å². The smallest absolute Gasteiger partial charge is 0.137 e. The Morgan fingerprint density at radius 3 is 2.68 bits per heavy atom. The first-order valence-electron chi connectivity index (χ1n) is 6.92. The Balaban J connectivity index is 1.96. The third kappa shape index (κ3) is 4.01. The van der Waals surface area contributed by atoms with Crippen LogP contribution in [0.2, 0.25) is 0 Å². The van der Waals surface area contributed by atoms with Crippen LogP contribution in [-0.2, 0) is 6.42 Å². The van der Waals surface area contributed by atoms with E-state index < -0.39 is 5.60 Å². The Hall–Kier alpha value is -0.450. The van der Waals surface area contributed by atoms with Gasteiger partial charge in [-0.3, -0.25) is 0 Å². The molecule has 1 aliphatic carbocycles. The third-order valence-corrected chi connectivity index (χ3v) is 4.53. The van der Waals surface area contributed by atoms with E-state index in [-0.39, 0.29) is 5.82 Å². The Labute approximate surface area is 122 Å². The average molecular weight is 330 g/mol. The fourth-order valence-electron chi connectivity index (χ4n) is 2.85. The van der Waals surface area contributed by atoms with Gasteiger partial charge in [0.05, 0.1) is 10.1 Å². The van der Waals surface area contributed by atoms with Crippen LogP contribution in [0.4, 0.5) is 4.39 Å². The van der Waals surface area contributed by atoms with Gasteiger partial charge in [-0.25, -0.2) is 4.39 Å². The molecule has 0 radical (unpaired) electrons. The van der Waals surface area contributed by atoms with Crippen molar-refractivity contribution in [3.05, 3.63) is 34.1 Å². The number of benzene rings is 1. The van der Waals surface area contributed by atoms with Gasteiger partial charge in [-0.2, -0.15) is 0 Å². The van der Waals surface area contributed by atoms with Crippen LogP contribution in [0.25, 0.3) is 0 Å². The number of halogens is 2. The van der Waals surface area contributed by atoms with Crippen molar-refractivity contribution in [3.63, 3.8) is 0 Å². The second-order valence-corrected chi connectivity index (χ2v) is 6.34. The summed E-state index contributed by atoms with van der Waals surface area (Å²) in [7, 11) is 0. The maximum Gasteiger partial charge on any atom is 0.137 e. The van der Waals surface area contributed by atoms with Crippen LogP contribution in [0.3, 0.4) is 0 Å². The SMILES string of the molecule is CCNC1CCC(O)(Cc2ccc(F)c(Br)c2)CC1. The molecule has 0 unspecified atom stereocenters. The predicted octanol–water partition coefficient (Wildman–Crippen LogP) is 3.41. The molecule has 0 heterocycles. The first kappa shape index (κ1) is 14.9. The maximum atomic E-state index is 13.2. The summed E-state index contributed by atoms with van der Waals surface area (Å²) in [5.74, 6) is -0.258. The lowest BCUT2D eigenvalue weighted by Crippen LogP contribution is -2.42. The summed E-state index contributed by atoms with van der Waals surface area (Å²) in [6.07, 6.45) is 4.23. The molecule has 106 valence electrons. The average Bonchev–Trinajstić information content (AvgIpc) is 2.37. The van der Waals surface area contributed by atoms with Crippen molar-refractivity contribution < 1.29 is 9.50 Å². The van der Waals surface area contributed by atoms with Gasteiger partial charge in [-0.15, -0.1) is 0 Å². The topological polar surface area (TPSA) is 32.3 Å². The Bertz CT molecular complexity index is 430. The Morgan fingerprint density at radius 2 is 2.11 bits per heavy atom. The van der Waals surface area contributed by atoms with E-state index in [2.05, 4.69) is 28.2 Å². The first-order valence-corrected chi connectivity index (χ1v) is 7.71. The molecule has 1 fully saturated rings. The Morgan fingerprint density at radius 1 is 1.42 bits per heavy atom. The standard InChI is InChI=1S/C15H21BrFNO/c1-2-18-12-5-7-15(19,8-6-12)10-11-3-4-14(17)13(16)9-11/h3-4,9,12,18-19H,2,5-8,10H2,1H3. The first-order chi connectivity index (χ1) is 9.02. The molecule has 1 aromatic carbocycles. The summed E-state index contributed by atoms with van der Waals surface area (Å²) in [5, 5.41) is 14.1. The lowest BCUT2D eigenvalue weighted by atomic mass is 9.78. The zero-order valence-corrected chi connectivity index (χ0v) is 12.8. The molecule has 0 amide bonds. The zero-order valence-electron chi connectivity index (χ0n) is 11.3. The monoisotopic (exact) mass is 329 g/mol. The summed E-state index contributed by atoms with van der Waals surface area (Å²) in [6.45, 7) is 3.09. The zero-order chi connectivity index (χ0) is 13.9. The lowest BCUT2D eigenvalue weighted by molar-refractivity contribution is -0.00297. The minimum absolute atomic E-state index is 0.258. The van der Waals surface area contributed by atoms with Crippen molar-refractivity contribution in [2.75, 3.05) is 6.54 Å². The summed E-state index contributed by atoms with van der Waals surface area (Å²) < 4.78 is 13.7. The number of rotatable bonds is 4. The highest BCUT2D eigenvalue weighted by Gasteiger charge is 2.33. The summed E-state index contributed by atoms with van der Waals surface area (Å²) in [5.41, 5.74) is 0.348. The van der Waals surface area contributed by atoms with Crippen LogP contribution in [0.1, 0.15) is 38.2 Å². The highest BCUT2D eigenvalue weighted by molar-refractivity contribution is 9.10. The maximum absolute atomic E-state index is 13.2. The molecule has 1 saturated carbocycles. The molecule has 0 atom stereocenters. The number of hydrogen-bond donors (Lipinski definition) is 2. The van der Waals surface area contributed by atoms with Crippen LogP contribution in [0, 0.1) is 5.82 Å². The largest absolute Gasteiger partial charge is 0.390 e. The van der Waals surface area contributed by atoms with Gasteiger partial charge in [0.1, 0.15) is 5.82 Å². The van der Waals surface area contributed by atoms with Gasteiger partial charge in [-0.05, 0) is 65.9 Å². The van der Waals surface area contributed by atoms with Crippen molar-refractivity contribution in [2.24, 2.45) is 0 Å². The number of nitrogens with one attached hydrogen (secondary N) is 1. The molecular weight excluding hydrogens is 309 g/mol. The van der Waals surface area contributed by atoms with E-state index in [4.69, 9.17) is 0 Å². The minimum Gasteiger partial charge on any atom is -0.390 e. The molecule has 2 nitrogen and oxygen atoms in total. The molecule has 1 aromatic rings. The van der Waals surface area contributed by atoms with Crippen molar-refractivity contribution in [1.82, 2.24) is 5.32 Å². The molecule has 0 saturated heterocycles. The van der Waals surface area contributed by atoms with Crippen molar-refractivity contribution in [2.45, 2.75) is 50.7 Å². The summed E-state index contributed by atoms with van der Waals surface area (Å²) in [6, 6.07) is 5.51. The van der Waals surface area contributed by atoms with Gasteiger partial charge in [0.15, 0.2) is 0 Å². The van der Waals surface area contributed by atoms with E-state index >= 15 is 0 Å². The molecular formula is C15H21BrFNO. The van der Waals surface area contributed by atoms with E-state index in [1.54, 1.807) is 12.1 Å². The summed E-state index contributed by atoms with van der Waals surface area (Å²) in [4.78, 5) is 0. The number of aliphatic hydroxyl groups is 1. The minimum atomic E-state index is -0.636. The van der Waals surface area contributed by atoms with Crippen molar-refractivity contribution in [1.29, 1.82) is 0 Å². The van der Waals surface area contributed by atoms with E-state index in [0.29, 0.717) is 16.9 Å². The fraction of sp³-hybridized carbons (Fsp3) is 0.600. The van der Waals surface area contributed by atoms with Crippen LogP contribution >= 0.6 is 15.9 Å². The second kappa shape index (κ2) is 6.33. The van der Waals surface area contributed by atoms with Gasteiger partial charge in [0.2, 0.25) is 0 Å². The van der Waals surface area contributed by atoms with Gasteiger partial charge in [-0.1, -0.05) is 13.0 Å². The lowest BCUT2D eigenvalue weighted by Gasteiger charge is -2.36. The van der Waals surface area contributed by atoms with Crippen LogP contribution in [0.5, 0.6) is 0 Å². The quantitative estimate of drug-likeness (QED) is 0.887. The summed E-state index contributed by atoms with van der Waals surface area (Å²) >= 11 is 3.19. The fourth-order valence-corrected chi connectivity index (χ4v) is 3.28. The van der Waals surface area contributed by atoms with Crippen LogP contribution in [0.15, 0.2) is 22.7 Å². The van der Waals surface area contributed by atoms with Crippen molar-refractivity contribution >= 4 is 15.9 Å². The Kier molecular flexibility index (Phi) is 4.98. The third-order valence-electron chi connectivity index (χ3n) is 3.93. The number of hydrogen-bond acceptors (Lipinski definition) is 2. The molecule has 0 aromatic heterocycles. The van der Waals surface area contributed by atoms with E-state index in [0.717, 1.165) is 37.8 Å². The van der Waals surface area contributed by atoms with Gasteiger partial charge in [0.25, 0.3) is 0 Å². The second-order valence-electron chi connectivity index (χ2n) is 5.48. The van der Waals surface area contributed by atoms with Gasteiger partial charge < -0.3 is 10.4 Å². The van der Waals surface area contributed by atoms with Crippen LogP contribution in [-0.4, -0.2) is 23.3 Å². The van der Waals surface area contributed by atoms with Crippen molar-refractivity contribution in [3.8, 4) is 0 Å². The van der Waals surface area contributed by atoms with E-state index in [1.807, 2.05) is 0 Å². The molecule has 1 aliphatic rings. The molecule has 0 aliphatic heterocycles. The molecule has 0 bridgehead atoms. The molecule has 0 spiro atoms. The van der Waals surface area contributed by atoms with Gasteiger partial charge in [0, 0.05) is 12.5 Å². The molecule has 4 heteroatoms. The normalized spacial score (nSPS) is 27.5. The highest BCUT2D eigenvalue weighted by atomic mass is 79.9. The van der Waals surface area contributed by atoms with E-state index in [9.17, 15) is 9.50 Å². The van der Waals surface area contributed by atoms with Gasteiger partial charge >= 0.3 is 0 Å². The molecule has 19 heavy (non-hydrogen) atoms. The molecule has 2 rings (SSSR count). The highest BCUT2D eigenvalue weighted by Crippen LogP contribution is 2.32.